The minimum absolute atomic E-state index is 0.211. The molecule has 3 rings (SSSR count). The van der Waals surface area contributed by atoms with E-state index in [9.17, 15) is 9.59 Å². The van der Waals surface area contributed by atoms with Crippen LogP contribution in [-0.2, 0) is 7.05 Å². The van der Waals surface area contributed by atoms with Crippen LogP contribution in [0.4, 0.5) is 0 Å². The van der Waals surface area contributed by atoms with Crippen molar-refractivity contribution in [3.63, 3.8) is 0 Å². The monoisotopic (exact) mass is 461 g/mol. The topological polar surface area (TPSA) is 116 Å². The highest BCUT2D eigenvalue weighted by atomic mass is 79.9. The van der Waals surface area contributed by atoms with Crippen LogP contribution in [-0.4, -0.2) is 41.6 Å². The molecule has 0 aliphatic heterocycles. The lowest BCUT2D eigenvalue weighted by Crippen LogP contribution is -2.33. The smallest absolute Gasteiger partial charge is 0.271 e. The van der Waals surface area contributed by atoms with Gasteiger partial charge in [0.15, 0.2) is 5.16 Å². The molecular formula is C17H16BrN7O2S. The minimum Gasteiger partial charge on any atom is -0.341 e. The summed E-state index contributed by atoms with van der Waals surface area (Å²) in [6.45, 7) is 1.74. The van der Waals surface area contributed by atoms with Crippen molar-refractivity contribution in [2.75, 3.05) is 6.26 Å². The maximum atomic E-state index is 12.7. The number of thioether (sulfide) groups is 1. The van der Waals surface area contributed by atoms with Crippen LogP contribution in [0.3, 0.4) is 0 Å². The van der Waals surface area contributed by atoms with Gasteiger partial charge in [0.1, 0.15) is 17.8 Å². The van der Waals surface area contributed by atoms with Crippen molar-refractivity contribution in [2.24, 2.45) is 7.05 Å². The van der Waals surface area contributed by atoms with Crippen molar-refractivity contribution in [3.05, 3.63) is 57.2 Å². The third-order valence-corrected chi connectivity index (χ3v) is 5.01. The van der Waals surface area contributed by atoms with E-state index in [-0.39, 0.29) is 11.3 Å². The van der Waals surface area contributed by atoms with Gasteiger partial charge in [-0.1, -0.05) is 11.8 Å². The van der Waals surface area contributed by atoms with Crippen molar-refractivity contribution in [2.45, 2.75) is 18.1 Å². The number of carbonyl (C=O) groups is 1. The van der Waals surface area contributed by atoms with Gasteiger partial charge in [-0.2, -0.15) is 0 Å². The second kappa shape index (κ2) is 8.57. The molecule has 0 bridgehead atoms. The van der Waals surface area contributed by atoms with E-state index in [1.54, 1.807) is 26.2 Å². The predicted octanol–water partition coefficient (Wildman–Crippen LogP) is 2.00. The standard InChI is InChI=1S/C17H16BrN7O2S/c1-9(22-16(27)14-10(18)7-20-17(24-14)28-3)15-23-12(6-13(26)25(15)2)11-4-5-19-8-21-11/h4-9H,1-3H3,(H,22,27). The number of nitrogens with one attached hydrogen (secondary N) is 1. The molecule has 1 unspecified atom stereocenters. The molecule has 1 N–H and O–H groups in total. The quantitative estimate of drug-likeness (QED) is 0.452. The third-order valence-electron chi connectivity index (χ3n) is 3.87. The first kappa shape index (κ1) is 20.1. The Morgan fingerprint density at radius 1 is 1.29 bits per heavy atom. The Labute approximate surface area is 173 Å². The van der Waals surface area contributed by atoms with Crippen LogP contribution in [0.15, 0.2) is 45.3 Å². The van der Waals surface area contributed by atoms with Gasteiger partial charge in [-0.05, 0) is 35.2 Å². The lowest BCUT2D eigenvalue weighted by atomic mass is 10.2. The van der Waals surface area contributed by atoms with Gasteiger partial charge in [0.25, 0.3) is 11.5 Å². The summed E-state index contributed by atoms with van der Waals surface area (Å²) >= 11 is 4.63. The number of halogens is 1. The molecule has 0 saturated carbocycles. The molecule has 3 heterocycles. The molecule has 0 radical (unpaired) electrons. The Morgan fingerprint density at radius 2 is 2.07 bits per heavy atom. The van der Waals surface area contributed by atoms with Crippen molar-refractivity contribution >= 4 is 33.6 Å². The maximum absolute atomic E-state index is 12.7. The van der Waals surface area contributed by atoms with E-state index in [2.05, 4.69) is 46.2 Å². The van der Waals surface area contributed by atoms with Crippen LogP contribution >= 0.6 is 27.7 Å². The van der Waals surface area contributed by atoms with Crippen LogP contribution in [0.1, 0.15) is 29.3 Å². The van der Waals surface area contributed by atoms with Gasteiger partial charge < -0.3 is 5.32 Å². The summed E-state index contributed by atoms with van der Waals surface area (Å²) < 4.78 is 1.87. The fourth-order valence-corrected chi connectivity index (χ4v) is 3.17. The zero-order valence-electron chi connectivity index (χ0n) is 15.3. The SMILES string of the molecule is CSc1ncc(Br)c(C(=O)NC(C)c2nc(-c3ccncn3)cc(=O)n2C)n1. The predicted molar refractivity (Wildman–Crippen MR) is 108 cm³/mol. The molecule has 0 spiro atoms. The lowest BCUT2D eigenvalue weighted by molar-refractivity contribution is 0.0930. The van der Waals surface area contributed by atoms with E-state index in [1.807, 2.05) is 6.26 Å². The van der Waals surface area contributed by atoms with Crippen LogP contribution in [0, 0.1) is 0 Å². The molecule has 3 aromatic rings. The van der Waals surface area contributed by atoms with Gasteiger partial charge in [-0.25, -0.2) is 24.9 Å². The Morgan fingerprint density at radius 3 is 2.75 bits per heavy atom. The van der Waals surface area contributed by atoms with Gasteiger partial charge in [0.2, 0.25) is 0 Å². The number of hydrogen-bond donors (Lipinski definition) is 1. The van der Waals surface area contributed by atoms with E-state index in [4.69, 9.17) is 0 Å². The molecular weight excluding hydrogens is 446 g/mol. The second-order valence-corrected chi connectivity index (χ2v) is 7.37. The Bertz CT molecular complexity index is 1070. The average Bonchev–Trinajstić information content (AvgIpc) is 2.70. The van der Waals surface area contributed by atoms with E-state index in [0.717, 1.165) is 0 Å². The Balaban J connectivity index is 1.92. The zero-order valence-corrected chi connectivity index (χ0v) is 17.7. The molecule has 11 heteroatoms. The summed E-state index contributed by atoms with van der Waals surface area (Å²) in [5.41, 5.74) is 0.890. The molecule has 0 aromatic carbocycles. The van der Waals surface area contributed by atoms with Crippen molar-refractivity contribution < 1.29 is 4.79 Å². The van der Waals surface area contributed by atoms with E-state index in [1.165, 1.54) is 34.9 Å². The Kier molecular flexibility index (Phi) is 6.15. The molecule has 28 heavy (non-hydrogen) atoms. The second-order valence-electron chi connectivity index (χ2n) is 5.74. The largest absolute Gasteiger partial charge is 0.341 e. The average molecular weight is 462 g/mol. The van der Waals surface area contributed by atoms with Crippen molar-refractivity contribution in [1.29, 1.82) is 0 Å². The van der Waals surface area contributed by atoms with Gasteiger partial charge in [-0.15, -0.1) is 0 Å². The summed E-state index contributed by atoms with van der Waals surface area (Å²) in [5.74, 6) is -0.0107. The van der Waals surface area contributed by atoms with E-state index >= 15 is 0 Å². The summed E-state index contributed by atoms with van der Waals surface area (Å²) in [6.07, 6.45) is 6.31. The number of amides is 1. The molecule has 0 fully saturated rings. The van der Waals surface area contributed by atoms with Crippen LogP contribution < -0.4 is 10.9 Å². The highest BCUT2D eigenvalue weighted by Gasteiger charge is 2.20. The van der Waals surface area contributed by atoms with Gasteiger partial charge in [-0.3, -0.25) is 14.2 Å². The molecule has 9 nitrogen and oxygen atoms in total. The summed E-state index contributed by atoms with van der Waals surface area (Å²) in [5, 5.41) is 3.31. The number of nitrogens with zero attached hydrogens (tertiary/aromatic N) is 6. The molecule has 144 valence electrons. The third kappa shape index (κ3) is 4.25. The van der Waals surface area contributed by atoms with Gasteiger partial charge in [0, 0.05) is 25.5 Å². The number of carbonyl (C=O) groups excluding carboxylic acids is 1. The summed E-state index contributed by atoms with van der Waals surface area (Å²) in [4.78, 5) is 45.9. The van der Waals surface area contributed by atoms with Crippen molar-refractivity contribution in [1.82, 2.24) is 34.8 Å². The number of aromatic nitrogens is 6. The van der Waals surface area contributed by atoms with Crippen LogP contribution in [0.2, 0.25) is 0 Å². The first-order valence-corrected chi connectivity index (χ1v) is 10.1. The van der Waals surface area contributed by atoms with Crippen LogP contribution in [0.25, 0.3) is 11.4 Å². The molecule has 3 aromatic heterocycles. The lowest BCUT2D eigenvalue weighted by Gasteiger charge is -2.17. The van der Waals surface area contributed by atoms with Crippen molar-refractivity contribution in [3.8, 4) is 11.4 Å². The fraction of sp³-hybridized carbons (Fsp3) is 0.235. The molecule has 0 aliphatic rings. The first-order chi connectivity index (χ1) is 13.4. The maximum Gasteiger partial charge on any atom is 0.271 e. The van der Waals surface area contributed by atoms with E-state index < -0.39 is 11.9 Å². The van der Waals surface area contributed by atoms with E-state index in [0.29, 0.717) is 26.8 Å². The van der Waals surface area contributed by atoms with Gasteiger partial charge >= 0.3 is 0 Å². The summed E-state index contributed by atoms with van der Waals surface area (Å²) in [7, 11) is 1.60. The Hall–Kier alpha value is -2.66. The summed E-state index contributed by atoms with van der Waals surface area (Å²) in [6, 6.07) is 2.51. The first-order valence-electron chi connectivity index (χ1n) is 8.12. The zero-order chi connectivity index (χ0) is 20.3. The molecule has 0 saturated heterocycles. The molecule has 1 amide bonds. The molecule has 0 aliphatic carbocycles. The number of rotatable bonds is 5. The van der Waals surface area contributed by atoms with Crippen LogP contribution in [0.5, 0.6) is 0 Å². The fourth-order valence-electron chi connectivity index (χ4n) is 2.46. The van der Waals surface area contributed by atoms with Gasteiger partial charge in [0.05, 0.1) is 21.9 Å². The minimum atomic E-state index is -0.549. The highest BCUT2D eigenvalue weighted by molar-refractivity contribution is 9.10. The molecule has 1 atom stereocenters. The number of hydrogen-bond acceptors (Lipinski definition) is 8. The normalized spacial score (nSPS) is 11.9. The highest BCUT2D eigenvalue weighted by Crippen LogP contribution is 2.19.